The van der Waals surface area contributed by atoms with Crippen molar-refractivity contribution in [3.8, 4) is 0 Å². The molecule has 2 aliphatic heterocycles. The van der Waals surface area contributed by atoms with E-state index in [4.69, 9.17) is 18.9 Å². The molecule has 0 amide bonds. The number of hydrogen-bond acceptors (Lipinski definition) is 8. The monoisotopic (exact) mass is 450 g/mol. The number of aliphatic hydroxyl groups excluding tert-OH is 1. The van der Waals surface area contributed by atoms with Crippen molar-refractivity contribution in [3.05, 3.63) is 11.6 Å². The molecule has 2 bridgehead atoms. The van der Waals surface area contributed by atoms with Gasteiger partial charge in [-0.05, 0) is 43.6 Å². The Labute approximate surface area is 188 Å². The lowest BCUT2D eigenvalue weighted by Gasteiger charge is -2.56. The molecular formula is C24H34O8. The fourth-order valence-electron chi connectivity index (χ4n) is 7.54. The Morgan fingerprint density at radius 2 is 1.69 bits per heavy atom. The molecule has 0 aromatic rings. The van der Waals surface area contributed by atoms with Crippen LogP contribution in [0.1, 0.15) is 52.9 Å². The van der Waals surface area contributed by atoms with Gasteiger partial charge in [-0.15, -0.1) is 0 Å². The largest absolute Gasteiger partial charge is 0.468 e. The van der Waals surface area contributed by atoms with Crippen molar-refractivity contribution in [2.24, 2.45) is 28.6 Å². The molecule has 2 heterocycles. The van der Waals surface area contributed by atoms with Crippen LogP contribution in [0.15, 0.2) is 11.6 Å². The molecule has 0 aromatic carbocycles. The quantitative estimate of drug-likeness (QED) is 0.394. The van der Waals surface area contributed by atoms with Crippen molar-refractivity contribution in [1.82, 2.24) is 0 Å². The molecule has 32 heavy (non-hydrogen) atoms. The first-order valence-electron chi connectivity index (χ1n) is 11.4. The molecule has 1 saturated heterocycles. The number of esters is 3. The van der Waals surface area contributed by atoms with Crippen molar-refractivity contribution >= 4 is 17.9 Å². The molecule has 0 radical (unpaired) electrons. The van der Waals surface area contributed by atoms with E-state index in [-0.39, 0.29) is 30.6 Å². The van der Waals surface area contributed by atoms with Crippen LogP contribution in [0.2, 0.25) is 0 Å². The van der Waals surface area contributed by atoms with E-state index in [1.807, 2.05) is 0 Å². The maximum absolute atomic E-state index is 13.0. The minimum Gasteiger partial charge on any atom is -0.468 e. The molecule has 4 aliphatic rings. The third-order valence-electron chi connectivity index (χ3n) is 9.02. The molecule has 8 nitrogen and oxygen atoms in total. The van der Waals surface area contributed by atoms with E-state index >= 15 is 0 Å². The zero-order chi connectivity index (χ0) is 23.7. The van der Waals surface area contributed by atoms with E-state index in [1.54, 1.807) is 6.08 Å². The molecule has 178 valence electrons. The Hall–Kier alpha value is -1.93. The third-order valence-corrected chi connectivity index (χ3v) is 9.02. The maximum Gasteiger partial charge on any atom is 0.336 e. The number of fused-ring (bicyclic) bond motifs is 1. The van der Waals surface area contributed by atoms with Crippen LogP contribution in [0.4, 0.5) is 0 Å². The van der Waals surface area contributed by atoms with Gasteiger partial charge in [0.25, 0.3) is 0 Å². The second kappa shape index (κ2) is 7.29. The smallest absolute Gasteiger partial charge is 0.336 e. The molecule has 2 saturated carbocycles. The Kier molecular flexibility index (Phi) is 5.29. The van der Waals surface area contributed by atoms with Gasteiger partial charge in [-0.3, -0.25) is 9.59 Å². The average Bonchev–Trinajstić information content (AvgIpc) is 3.22. The normalized spacial score (nSPS) is 41.4. The van der Waals surface area contributed by atoms with E-state index < -0.39 is 46.0 Å². The summed E-state index contributed by atoms with van der Waals surface area (Å²) in [5, 5.41) is 11.7. The summed E-state index contributed by atoms with van der Waals surface area (Å²) < 4.78 is 21.9. The van der Waals surface area contributed by atoms with Gasteiger partial charge in [0.15, 0.2) is 5.41 Å². The number of carbonyl (C=O) groups is 3. The van der Waals surface area contributed by atoms with Crippen molar-refractivity contribution in [2.45, 2.75) is 70.2 Å². The molecule has 6 atom stereocenters. The first kappa shape index (κ1) is 23.2. The van der Waals surface area contributed by atoms with E-state index in [0.717, 1.165) is 12.8 Å². The summed E-state index contributed by atoms with van der Waals surface area (Å²) in [4.78, 5) is 38.7. The van der Waals surface area contributed by atoms with Gasteiger partial charge < -0.3 is 24.1 Å². The van der Waals surface area contributed by atoms with Gasteiger partial charge in [-0.25, -0.2) is 4.79 Å². The summed E-state index contributed by atoms with van der Waals surface area (Å²) in [6, 6.07) is 0. The number of aliphatic hydroxyl groups is 1. The zero-order valence-electron chi connectivity index (χ0n) is 19.7. The summed E-state index contributed by atoms with van der Waals surface area (Å²) in [7, 11) is 3.80. The van der Waals surface area contributed by atoms with Gasteiger partial charge in [0.05, 0.1) is 38.6 Å². The molecule has 4 rings (SSSR count). The Morgan fingerprint density at radius 1 is 1.06 bits per heavy atom. The van der Waals surface area contributed by atoms with Gasteiger partial charge in [-0.2, -0.15) is 0 Å². The van der Waals surface area contributed by atoms with Crippen LogP contribution in [-0.4, -0.2) is 61.6 Å². The molecule has 2 aliphatic carbocycles. The average molecular weight is 451 g/mol. The zero-order valence-corrected chi connectivity index (χ0v) is 19.7. The lowest BCUT2D eigenvalue weighted by atomic mass is 9.46. The van der Waals surface area contributed by atoms with Crippen LogP contribution in [0.25, 0.3) is 0 Å². The highest BCUT2D eigenvalue weighted by atomic mass is 16.6. The topological polar surface area (TPSA) is 108 Å². The second-order valence-electron chi connectivity index (χ2n) is 10.5. The highest BCUT2D eigenvalue weighted by Crippen LogP contribution is 2.74. The molecule has 0 aromatic heterocycles. The predicted octanol–water partition coefficient (Wildman–Crippen LogP) is 2.17. The van der Waals surface area contributed by atoms with E-state index in [0.29, 0.717) is 12.0 Å². The molecule has 8 heteroatoms. The van der Waals surface area contributed by atoms with E-state index in [1.165, 1.54) is 21.3 Å². The number of ether oxygens (including phenoxy) is 4. The summed E-state index contributed by atoms with van der Waals surface area (Å²) >= 11 is 0. The van der Waals surface area contributed by atoms with Crippen molar-refractivity contribution in [3.63, 3.8) is 0 Å². The Morgan fingerprint density at radius 3 is 2.22 bits per heavy atom. The molecule has 0 unspecified atom stereocenters. The third kappa shape index (κ3) is 2.54. The first-order valence-corrected chi connectivity index (χ1v) is 11.4. The van der Waals surface area contributed by atoms with Crippen LogP contribution in [0.5, 0.6) is 0 Å². The Balaban J connectivity index is 1.90. The fourth-order valence-corrected chi connectivity index (χ4v) is 7.54. The predicted molar refractivity (Wildman–Crippen MR) is 112 cm³/mol. The maximum atomic E-state index is 13.0. The van der Waals surface area contributed by atoms with Gasteiger partial charge in [0.2, 0.25) is 0 Å². The SMILES string of the molecule is COC(=O)C1=C[C@]23CC(C(=O)OC)(C(=O)OC)CC[C@@H]2[C@@]2(C)CC[C@@H](C(C)C)[C@@H](O)[C@]12O3. The number of rotatable bonds is 4. The van der Waals surface area contributed by atoms with E-state index in [9.17, 15) is 19.5 Å². The van der Waals surface area contributed by atoms with Crippen molar-refractivity contribution < 1.29 is 38.4 Å². The highest BCUT2D eigenvalue weighted by Gasteiger charge is 2.80. The minimum atomic E-state index is -1.53. The highest BCUT2D eigenvalue weighted by molar-refractivity contribution is 6.01. The number of carbonyl (C=O) groups excluding carboxylic acids is 3. The number of hydrogen-bond donors (Lipinski definition) is 1. The lowest BCUT2D eigenvalue weighted by Crippen LogP contribution is -2.64. The first-order chi connectivity index (χ1) is 15.0. The molecule has 2 spiro atoms. The van der Waals surface area contributed by atoms with Crippen molar-refractivity contribution in [1.29, 1.82) is 0 Å². The molecule has 1 N–H and O–H groups in total. The van der Waals surface area contributed by atoms with Crippen LogP contribution < -0.4 is 0 Å². The van der Waals surface area contributed by atoms with Crippen LogP contribution in [-0.2, 0) is 33.3 Å². The summed E-state index contributed by atoms with van der Waals surface area (Å²) in [5.41, 5.74) is -4.11. The van der Waals surface area contributed by atoms with E-state index in [2.05, 4.69) is 20.8 Å². The van der Waals surface area contributed by atoms with Gasteiger partial charge in [-0.1, -0.05) is 20.8 Å². The van der Waals surface area contributed by atoms with Gasteiger partial charge in [0, 0.05) is 17.8 Å². The minimum absolute atomic E-state index is 0.000906. The summed E-state index contributed by atoms with van der Waals surface area (Å²) in [6.45, 7) is 6.18. The second-order valence-corrected chi connectivity index (χ2v) is 10.5. The molecule has 3 fully saturated rings. The lowest BCUT2D eigenvalue weighted by molar-refractivity contribution is -0.193. The van der Waals surface area contributed by atoms with Crippen LogP contribution in [0, 0.1) is 28.6 Å². The summed E-state index contributed by atoms with van der Waals surface area (Å²) in [6.07, 6.45) is 3.14. The fraction of sp³-hybridized carbons (Fsp3) is 0.792. The van der Waals surface area contributed by atoms with Gasteiger partial charge in [0.1, 0.15) is 5.60 Å². The van der Waals surface area contributed by atoms with Gasteiger partial charge >= 0.3 is 17.9 Å². The number of methoxy groups -OCH3 is 3. The standard InChI is InChI=1S/C24H34O8/c1-13(2)14-7-9-21(3)16-8-10-22(19(27)30-5,20(28)31-6)12-23(16)11-15(18(26)29-4)24(21,32-23)17(14)25/h11,13-14,16-17,25H,7-10,12H2,1-6H3/t14-,16+,17+,21+,23-,24+/m0/s1. The Bertz CT molecular complexity index is 861. The van der Waals surface area contributed by atoms with Crippen LogP contribution in [0.3, 0.4) is 0 Å². The van der Waals surface area contributed by atoms with Crippen LogP contribution >= 0.6 is 0 Å². The van der Waals surface area contributed by atoms with Crippen molar-refractivity contribution in [2.75, 3.05) is 21.3 Å². The summed E-state index contributed by atoms with van der Waals surface area (Å²) in [5.74, 6) is -1.84. The molecular weight excluding hydrogens is 416 g/mol.